The highest BCUT2D eigenvalue weighted by Crippen LogP contribution is 2.25. The van der Waals surface area contributed by atoms with Crippen LogP contribution in [0.25, 0.3) is 11.4 Å². The molecule has 112 valence electrons. The van der Waals surface area contributed by atoms with Gasteiger partial charge in [-0.15, -0.1) is 5.10 Å². The molecule has 0 aliphatic carbocycles. The van der Waals surface area contributed by atoms with Gasteiger partial charge in [0.2, 0.25) is 5.95 Å². The van der Waals surface area contributed by atoms with E-state index in [9.17, 15) is 0 Å². The second-order valence-corrected chi connectivity index (χ2v) is 5.98. The summed E-state index contributed by atoms with van der Waals surface area (Å²) in [5.74, 6) is 2.27. The van der Waals surface area contributed by atoms with Crippen LogP contribution in [0.3, 0.4) is 0 Å². The predicted molar refractivity (Wildman–Crippen MR) is 85.1 cm³/mol. The molecule has 3 rings (SSSR count). The van der Waals surface area contributed by atoms with Crippen LogP contribution < -0.4 is 10.6 Å². The van der Waals surface area contributed by atoms with Gasteiger partial charge in [0.05, 0.1) is 0 Å². The van der Waals surface area contributed by atoms with E-state index in [0.29, 0.717) is 5.92 Å². The number of nitrogens with one attached hydrogen (secondary N) is 1. The quantitative estimate of drug-likeness (QED) is 0.908. The molecule has 5 nitrogen and oxygen atoms in total. The van der Waals surface area contributed by atoms with Crippen LogP contribution in [0.5, 0.6) is 0 Å². The third kappa shape index (κ3) is 2.93. The minimum Gasteiger partial charge on any atom is -0.340 e. The normalized spacial score (nSPS) is 18.0. The van der Waals surface area contributed by atoms with Gasteiger partial charge in [-0.25, -0.2) is 0 Å². The van der Waals surface area contributed by atoms with Crippen LogP contribution in [-0.2, 0) is 0 Å². The Morgan fingerprint density at radius 2 is 2.00 bits per heavy atom. The van der Waals surface area contributed by atoms with Crippen LogP contribution in [0.4, 0.5) is 5.95 Å². The van der Waals surface area contributed by atoms with Crippen molar-refractivity contribution in [3.05, 3.63) is 29.8 Å². The predicted octanol–water partition coefficient (Wildman–Crippen LogP) is 2.34. The van der Waals surface area contributed by atoms with Gasteiger partial charge in [-0.2, -0.15) is 4.98 Å². The molecule has 2 aromatic rings. The lowest BCUT2D eigenvalue weighted by Crippen LogP contribution is -2.40. The SMILES string of the molecule is Cc1ccccc1-c1nc(N2CCC(C(C)N)CC2)n[nH]1. The molecule has 2 heterocycles. The maximum absolute atomic E-state index is 5.99. The molecule has 0 saturated carbocycles. The second-order valence-electron chi connectivity index (χ2n) is 5.98. The van der Waals surface area contributed by atoms with Gasteiger partial charge in [0.1, 0.15) is 0 Å². The first-order valence-electron chi connectivity index (χ1n) is 7.64. The molecule has 5 heteroatoms. The highest BCUT2D eigenvalue weighted by Gasteiger charge is 2.24. The molecule has 1 aliphatic heterocycles. The van der Waals surface area contributed by atoms with Crippen molar-refractivity contribution < 1.29 is 0 Å². The summed E-state index contributed by atoms with van der Waals surface area (Å²) < 4.78 is 0. The highest BCUT2D eigenvalue weighted by atomic mass is 15.4. The largest absolute Gasteiger partial charge is 0.340 e. The van der Waals surface area contributed by atoms with Gasteiger partial charge in [-0.1, -0.05) is 24.3 Å². The molecule has 1 unspecified atom stereocenters. The van der Waals surface area contributed by atoms with Crippen molar-refractivity contribution in [1.29, 1.82) is 0 Å². The molecule has 3 N–H and O–H groups in total. The molecule has 1 saturated heterocycles. The molecular formula is C16H23N5. The third-order valence-corrected chi connectivity index (χ3v) is 4.44. The maximum atomic E-state index is 5.99. The Kier molecular flexibility index (Phi) is 3.92. The molecule has 1 atom stereocenters. The highest BCUT2D eigenvalue weighted by molar-refractivity contribution is 5.60. The molecule has 0 bridgehead atoms. The summed E-state index contributed by atoms with van der Waals surface area (Å²) in [5, 5.41) is 7.45. The molecule has 1 aromatic carbocycles. The lowest BCUT2D eigenvalue weighted by molar-refractivity contribution is 0.352. The first kappa shape index (κ1) is 14.1. The first-order valence-corrected chi connectivity index (χ1v) is 7.64. The van der Waals surface area contributed by atoms with E-state index in [1.165, 1.54) is 5.56 Å². The maximum Gasteiger partial charge on any atom is 0.245 e. The van der Waals surface area contributed by atoms with Crippen LogP contribution in [0.2, 0.25) is 0 Å². The summed E-state index contributed by atoms with van der Waals surface area (Å²) in [6.45, 7) is 6.16. The number of aryl methyl sites for hydroxylation is 1. The molecule has 1 aromatic heterocycles. The number of rotatable bonds is 3. The van der Waals surface area contributed by atoms with Gasteiger partial charge in [-0.05, 0) is 38.2 Å². The monoisotopic (exact) mass is 285 g/mol. The smallest absolute Gasteiger partial charge is 0.245 e. The van der Waals surface area contributed by atoms with Crippen LogP contribution in [0.15, 0.2) is 24.3 Å². The van der Waals surface area contributed by atoms with Crippen LogP contribution in [0.1, 0.15) is 25.3 Å². The lowest BCUT2D eigenvalue weighted by atomic mass is 9.91. The van der Waals surface area contributed by atoms with Crippen molar-refractivity contribution in [3.8, 4) is 11.4 Å². The van der Waals surface area contributed by atoms with Gasteiger partial charge in [0.15, 0.2) is 5.82 Å². The second kappa shape index (κ2) is 5.85. The molecular weight excluding hydrogens is 262 g/mol. The summed E-state index contributed by atoms with van der Waals surface area (Å²) in [4.78, 5) is 6.91. The van der Waals surface area contributed by atoms with Crippen LogP contribution >= 0.6 is 0 Å². The zero-order valence-electron chi connectivity index (χ0n) is 12.7. The van der Waals surface area contributed by atoms with E-state index in [-0.39, 0.29) is 6.04 Å². The average Bonchev–Trinajstić information content (AvgIpc) is 2.97. The lowest BCUT2D eigenvalue weighted by Gasteiger charge is -2.32. The van der Waals surface area contributed by atoms with E-state index in [0.717, 1.165) is 43.3 Å². The van der Waals surface area contributed by atoms with Gasteiger partial charge < -0.3 is 10.6 Å². The van der Waals surface area contributed by atoms with Crippen molar-refractivity contribution in [2.45, 2.75) is 32.7 Å². The summed E-state index contributed by atoms with van der Waals surface area (Å²) in [6, 6.07) is 8.50. The zero-order chi connectivity index (χ0) is 14.8. The van der Waals surface area contributed by atoms with Gasteiger partial charge in [-0.3, -0.25) is 5.10 Å². The Bertz CT molecular complexity index is 596. The van der Waals surface area contributed by atoms with E-state index >= 15 is 0 Å². The van der Waals surface area contributed by atoms with E-state index < -0.39 is 0 Å². The first-order chi connectivity index (χ1) is 10.1. The minimum atomic E-state index is 0.279. The van der Waals surface area contributed by atoms with E-state index in [1.807, 2.05) is 12.1 Å². The number of nitrogens with two attached hydrogens (primary N) is 1. The topological polar surface area (TPSA) is 70.8 Å². The molecule has 0 spiro atoms. The standard InChI is InChI=1S/C16H23N5/c1-11-5-3-4-6-14(11)15-18-16(20-19-15)21-9-7-13(8-10-21)12(2)17/h3-6,12-13H,7-10,17H2,1-2H3,(H,18,19,20). The number of aromatic nitrogens is 3. The number of aromatic amines is 1. The van der Waals surface area contributed by atoms with Gasteiger partial charge in [0, 0.05) is 24.7 Å². The van der Waals surface area contributed by atoms with Crippen molar-refractivity contribution in [3.63, 3.8) is 0 Å². The summed E-state index contributed by atoms with van der Waals surface area (Å²) >= 11 is 0. The number of H-pyrrole nitrogens is 1. The molecule has 21 heavy (non-hydrogen) atoms. The number of hydrogen-bond donors (Lipinski definition) is 2. The average molecular weight is 285 g/mol. The van der Waals surface area contributed by atoms with Crippen LogP contribution in [-0.4, -0.2) is 34.3 Å². The third-order valence-electron chi connectivity index (χ3n) is 4.44. The number of piperidine rings is 1. The van der Waals surface area contributed by atoms with E-state index in [2.05, 4.69) is 46.1 Å². The summed E-state index contributed by atoms with van der Waals surface area (Å²) in [6.07, 6.45) is 2.23. The van der Waals surface area contributed by atoms with Crippen molar-refractivity contribution in [2.24, 2.45) is 11.7 Å². The Morgan fingerprint density at radius 3 is 2.67 bits per heavy atom. The van der Waals surface area contributed by atoms with Gasteiger partial charge in [0.25, 0.3) is 0 Å². The number of nitrogens with zero attached hydrogens (tertiary/aromatic N) is 3. The van der Waals surface area contributed by atoms with E-state index in [1.54, 1.807) is 0 Å². The number of hydrogen-bond acceptors (Lipinski definition) is 4. The van der Waals surface area contributed by atoms with Crippen molar-refractivity contribution >= 4 is 5.95 Å². The van der Waals surface area contributed by atoms with E-state index in [4.69, 9.17) is 5.73 Å². The van der Waals surface area contributed by atoms with Gasteiger partial charge >= 0.3 is 0 Å². The zero-order valence-corrected chi connectivity index (χ0v) is 12.7. The molecule has 1 aliphatic rings. The summed E-state index contributed by atoms with van der Waals surface area (Å²) in [5.41, 5.74) is 8.31. The minimum absolute atomic E-state index is 0.279. The fourth-order valence-corrected chi connectivity index (χ4v) is 2.98. The molecule has 1 fully saturated rings. The van der Waals surface area contributed by atoms with Crippen molar-refractivity contribution in [1.82, 2.24) is 15.2 Å². The fourth-order valence-electron chi connectivity index (χ4n) is 2.98. The Morgan fingerprint density at radius 1 is 1.29 bits per heavy atom. The fraction of sp³-hybridized carbons (Fsp3) is 0.500. The van der Waals surface area contributed by atoms with Crippen molar-refractivity contribution in [2.75, 3.05) is 18.0 Å². The number of benzene rings is 1. The Balaban J connectivity index is 1.73. The summed E-state index contributed by atoms with van der Waals surface area (Å²) in [7, 11) is 0. The Hall–Kier alpha value is -1.88. The molecule has 0 radical (unpaired) electrons. The number of anilines is 1. The molecule has 0 amide bonds. The Labute approximate surface area is 125 Å². The van der Waals surface area contributed by atoms with Crippen LogP contribution in [0, 0.1) is 12.8 Å².